The van der Waals surface area contributed by atoms with Crippen LogP contribution >= 0.6 is 39.1 Å². The Hall–Kier alpha value is -0.740. The summed E-state index contributed by atoms with van der Waals surface area (Å²) in [5.41, 5.74) is 7.39. The second-order valence-electron chi connectivity index (χ2n) is 3.95. The average Bonchev–Trinajstić information content (AvgIpc) is 2.38. The van der Waals surface area contributed by atoms with Gasteiger partial charge in [-0.05, 0) is 24.3 Å². The molecule has 0 atom stereocenters. The summed E-state index contributed by atoms with van der Waals surface area (Å²) in [6.07, 6.45) is 0. The minimum Gasteiger partial charge on any atom is -0.488 e. The predicted molar refractivity (Wildman–Crippen MR) is 82.8 cm³/mol. The molecular weight excluding hydrogens is 349 g/mol. The van der Waals surface area contributed by atoms with Crippen molar-refractivity contribution in [2.45, 2.75) is 13.2 Å². The molecule has 2 nitrogen and oxygen atoms in total. The van der Waals surface area contributed by atoms with E-state index in [1.54, 1.807) is 6.07 Å². The lowest BCUT2D eigenvalue weighted by Crippen LogP contribution is -2.03. The van der Waals surface area contributed by atoms with Crippen LogP contribution in [0.1, 0.15) is 11.1 Å². The minimum absolute atomic E-state index is 0.336. The molecule has 2 rings (SSSR count). The Kier molecular flexibility index (Phi) is 5.11. The fraction of sp³-hybridized carbons (Fsp3) is 0.143. The fourth-order valence-corrected chi connectivity index (χ4v) is 2.64. The van der Waals surface area contributed by atoms with Crippen molar-refractivity contribution < 1.29 is 4.74 Å². The van der Waals surface area contributed by atoms with Crippen molar-refractivity contribution >= 4 is 39.1 Å². The highest BCUT2D eigenvalue weighted by Crippen LogP contribution is 2.28. The van der Waals surface area contributed by atoms with E-state index in [0.717, 1.165) is 15.6 Å². The molecule has 0 spiro atoms. The summed E-state index contributed by atoms with van der Waals surface area (Å²) < 4.78 is 6.69. The van der Waals surface area contributed by atoms with E-state index >= 15 is 0 Å². The number of hydrogen-bond donors (Lipinski definition) is 1. The first-order chi connectivity index (χ1) is 9.11. The fourth-order valence-electron chi connectivity index (χ4n) is 1.67. The third-order valence-corrected chi connectivity index (χ3v) is 3.88. The van der Waals surface area contributed by atoms with Crippen LogP contribution in [0.5, 0.6) is 5.75 Å². The van der Waals surface area contributed by atoms with Crippen LogP contribution in [0, 0.1) is 0 Å². The predicted octanol–water partition coefficient (Wildman–Crippen LogP) is 4.79. The van der Waals surface area contributed by atoms with Gasteiger partial charge in [-0.25, -0.2) is 0 Å². The molecule has 19 heavy (non-hydrogen) atoms. The molecular formula is C14H12BrCl2NO. The van der Waals surface area contributed by atoms with Crippen LogP contribution in [-0.2, 0) is 13.2 Å². The van der Waals surface area contributed by atoms with Gasteiger partial charge in [0.25, 0.3) is 0 Å². The average molecular weight is 361 g/mol. The van der Waals surface area contributed by atoms with Crippen molar-refractivity contribution in [2.24, 2.45) is 5.73 Å². The van der Waals surface area contributed by atoms with Gasteiger partial charge in [0.05, 0.1) is 0 Å². The van der Waals surface area contributed by atoms with Crippen LogP contribution in [0.3, 0.4) is 0 Å². The first kappa shape index (κ1) is 14.7. The number of rotatable bonds is 4. The Labute approximate surface area is 130 Å². The Morgan fingerprint density at radius 1 is 1.11 bits per heavy atom. The number of ether oxygens (including phenoxy) is 1. The SMILES string of the molecule is NCc1c(Cl)cccc1OCc1ccc(Br)cc1Cl. The summed E-state index contributed by atoms with van der Waals surface area (Å²) in [5.74, 6) is 0.689. The van der Waals surface area contributed by atoms with Gasteiger partial charge >= 0.3 is 0 Å². The molecule has 0 aliphatic heterocycles. The highest BCUT2D eigenvalue weighted by atomic mass is 79.9. The van der Waals surface area contributed by atoms with Gasteiger partial charge in [0, 0.05) is 32.2 Å². The first-order valence-electron chi connectivity index (χ1n) is 5.66. The minimum atomic E-state index is 0.336. The van der Waals surface area contributed by atoms with Crippen molar-refractivity contribution in [2.75, 3.05) is 0 Å². The Bertz CT molecular complexity index is 590. The molecule has 2 aromatic rings. The number of hydrogen-bond acceptors (Lipinski definition) is 2. The topological polar surface area (TPSA) is 35.2 Å². The van der Waals surface area contributed by atoms with Gasteiger partial charge < -0.3 is 10.5 Å². The van der Waals surface area contributed by atoms with Gasteiger partial charge in [-0.15, -0.1) is 0 Å². The van der Waals surface area contributed by atoms with E-state index in [1.807, 2.05) is 30.3 Å². The van der Waals surface area contributed by atoms with E-state index in [9.17, 15) is 0 Å². The maximum Gasteiger partial charge on any atom is 0.125 e. The third kappa shape index (κ3) is 3.63. The molecule has 0 radical (unpaired) electrons. The molecule has 0 saturated carbocycles. The largest absolute Gasteiger partial charge is 0.488 e. The van der Waals surface area contributed by atoms with Gasteiger partial charge in [0.1, 0.15) is 12.4 Å². The second kappa shape index (κ2) is 6.62. The molecule has 0 unspecified atom stereocenters. The number of benzene rings is 2. The Morgan fingerprint density at radius 2 is 1.89 bits per heavy atom. The quantitative estimate of drug-likeness (QED) is 0.850. The van der Waals surface area contributed by atoms with E-state index in [0.29, 0.717) is 28.9 Å². The summed E-state index contributed by atoms with van der Waals surface area (Å²) >= 11 is 15.6. The molecule has 0 amide bonds. The number of nitrogens with two attached hydrogens (primary N) is 1. The molecule has 0 aliphatic rings. The molecule has 100 valence electrons. The summed E-state index contributed by atoms with van der Waals surface area (Å²) in [5, 5.41) is 1.27. The van der Waals surface area contributed by atoms with Crippen LogP contribution in [0.15, 0.2) is 40.9 Å². The van der Waals surface area contributed by atoms with E-state index in [4.69, 9.17) is 33.7 Å². The molecule has 5 heteroatoms. The summed E-state index contributed by atoms with van der Waals surface area (Å²) in [6.45, 7) is 0.711. The van der Waals surface area contributed by atoms with E-state index in [1.165, 1.54) is 0 Å². The van der Waals surface area contributed by atoms with Crippen LogP contribution in [0.4, 0.5) is 0 Å². The Balaban J connectivity index is 2.17. The summed E-state index contributed by atoms with van der Waals surface area (Å²) in [4.78, 5) is 0. The second-order valence-corrected chi connectivity index (χ2v) is 5.68. The lowest BCUT2D eigenvalue weighted by atomic mass is 10.2. The summed E-state index contributed by atoms with van der Waals surface area (Å²) in [7, 11) is 0. The van der Waals surface area contributed by atoms with E-state index in [2.05, 4.69) is 15.9 Å². The normalized spacial score (nSPS) is 10.5. The number of halogens is 3. The van der Waals surface area contributed by atoms with Crippen molar-refractivity contribution in [3.8, 4) is 5.75 Å². The molecule has 0 aromatic heterocycles. The Morgan fingerprint density at radius 3 is 2.58 bits per heavy atom. The standard InChI is InChI=1S/C14H12BrCl2NO/c15-10-5-4-9(13(17)6-10)8-19-14-3-1-2-12(16)11(14)7-18/h1-6H,7-8,18H2. The van der Waals surface area contributed by atoms with Gasteiger partial charge in [-0.3, -0.25) is 0 Å². The molecule has 0 aliphatic carbocycles. The van der Waals surface area contributed by atoms with Crippen molar-refractivity contribution in [1.29, 1.82) is 0 Å². The molecule has 0 fully saturated rings. The zero-order valence-electron chi connectivity index (χ0n) is 10.00. The van der Waals surface area contributed by atoms with E-state index < -0.39 is 0 Å². The van der Waals surface area contributed by atoms with Crippen molar-refractivity contribution in [3.63, 3.8) is 0 Å². The van der Waals surface area contributed by atoms with Crippen LogP contribution in [0.2, 0.25) is 10.0 Å². The molecule has 0 saturated heterocycles. The smallest absolute Gasteiger partial charge is 0.125 e. The lowest BCUT2D eigenvalue weighted by molar-refractivity contribution is 0.303. The van der Waals surface area contributed by atoms with Gasteiger partial charge in [-0.2, -0.15) is 0 Å². The zero-order chi connectivity index (χ0) is 13.8. The van der Waals surface area contributed by atoms with Crippen molar-refractivity contribution in [1.82, 2.24) is 0 Å². The summed E-state index contributed by atoms with van der Waals surface area (Å²) in [6, 6.07) is 11.2. The highest BCUT2D eigenvalue weighted by Gasteiger charge is 2.08. The van der Waals surface area contributed by atoms with Gasteiger partial charge in [0.2, 0.25) is 0 Å². The lowest BCUT2D eigenvalue weighted by Gasteiger charge is -2.12. The van der Waals surface area contributed by atoms with E-state index in [-0.39, 0.29) is 0 Å². The molecule has 0 bridgehead atoms. The zero-order valence-corrected chi connectivity index (χ0v) is 13.1. The maximum absolute atomic E-state index is 6.14. The van der Waals surface area contributed by atoms with Gasteiger partial charge in [0.15, 0.2) is 0 Å². The van der Waals surface area contributed by atoms with Gasteiger partial charge in [-0.1, -0.05) is 51.3 Å². The molecule has 2 aromatic carbocycles. The third-order valence-electron chi connectivity index (χ3n) is 2.68. The monoisotopic (exact) mass is 359 g/mol. The highest BCUT2D eigenvalue weighted by molar-refractivity contribution is 9.10. The van der Waals surface area contributed by atoms with Crippen LogP contribution in [0.25, 0.3) is 0 Å². The maximum atomic E-state index is 6.14. The van der Waals surface area contributed by atoms with Crippen LogP contribution in [-0.4, -0.2) is 0 Å². The van der Waals surface area contributed by atoms with Crippen LogP contribution < -0.4 is 10.5 Å². The van der Waals surface area contributed by atoms with Crippen molar-refractivity contribution in [3.05, 3.63) is 62.0 Å². The molecule has 2 N–H and O–H groups in total. The first-order valence-corrected chi connectivity index (χ1v) is 7.21. The molecule has 0 heterocycles.